The van der Waals surface area contributed by atoms with Crippen molar-refractivity contribution in [3.8, 4) is 0 Å². The molecule has 3 nitrogen and oxygen atoms in total. The van der Waals surface area contributed by atoms with Gasteiger partial charge < -0.3 is 10.6 Å². The Kier molecular flexibility index (Phi) is 4.97. The third-order valence-electron chi connectivity index (χ3n) is 3.53. The molecule has 1 atom stereocenters. The van der Waals surface area contributed by atoms with Gasteiger partial charge >= 0.3 is 0 Å². The molecule has 3 heteroatoms. The molecule has 0 aromatic heterocycles. The summed E-state index contributed by atoms with van der Waals surface area (Å²) in [6, 6.07) is 9.26. The standard InChI is InChI=1S/C16H24N2O/c1-12(2)9-13-3-5-14(6-4-13)10-17-15-7-8-16(19)18-11-15/h3-6,12,15,17H,7-11H2,1-2H3,(H,18,19)/t15-/m0/s1. The van der Waals surface area contributed by atoms with E-state index in [1.54, 1.807) is 0 Å². The summed E-state index contributed by atoms with van der Waals surface area (Å²) in [5, 5.41) is 6.40. The SMILES string of the molecule is CC(C)Cc1ccc(CN[C@H]2CCC(=O)NC2)cc1. The summed E-state index contributed by atoms with van der Waals surface area (Å²) in [5.74, 6) is 0.880. The van der Waals surface area contributed by atoms with Gasteiger partial charge in [0.1, 0.15) is 0 Å². The average molecular weight is 260 g/mol. The second-order valence-corrected chi connectivity index (χ2v) is 5.84. The van der Waals surface area contributed by atoms with E-state index < -0.39 is 0 Å². The summed E-state index contributed by atoms with van der Waals surface area (Å²) in [4.78, 5) is 11.1. The number of nitrogens with one attached hydrogen (secondary N) is 2. The number of piperidine rings is 1. The molecular weight excluding hydrogens is 236 g/mol. The molecule has 1 aliphatic heterocycles. The molecule has 0 aliphatic carbocycles. The molecule has 104 valence electrons. The van der Waals surface area contributed by atoms with Crippen molar-refractivity contribution in [1.29, 1.82) is 0 Å². The molecule has 2 N–H and O–H groups in total. The monoisotopic (exact) mass is 260 g/mol. The highest BCUT2D eigenvalue weighted by Crippen LogP contribution is 2.10. The van der Waals surface area contributed by atoms with Crippen LogP contribution in [0.3, 0.4) is 0 Å². The lowest BCUT2D eigenvalue weighted by Crippen LogP contribution is -2.45. The van der Waals surface area contributed by atoms with E-state index in [9.17, 15) is 4.79 Å². The minimum Gasteiger partial charge on any atom is -0.355 e. The first-order valence-corrected chi connectivity index (χ1v) is 7.21. The third-order valence-corrected chi connectivity index (χ3v) is 3.53. The quantitative estimate of drug-likeness (QED) is 0.852. The maximum Gasteiger partial charge on any atom is 0.220 e. The van der Waals surface area contributed by atoms with E-state index in [0.29, 0.717) is 18.4 Å². The van der Waals surface area contributed by atoms with Crippen LogP contribution in [0.25, 0.3) is 0 Å². The highest BCUT2D eigenvalue weighted by Gasteiger charge is 2.16. The van der Waals surface area contributed by atoms with Crippen LogP contribution in [0.15, 0.2) is 24.3 Å². The minimum absolute atomic E-state index is 0.177. The Bertz CT molecular complexity index is 401. The van der Waals surface area contributed by atoms with Gasteiger partial charge in [0.25, 0.3) is 0 Å². The fraction of sp³-hybridized carbons (Fsp3) is 0.562. The van der Waals surface area contributed by atoms with Gasteiger partial charge in [-0.05, 0) is 29.9 Å². The topological polar surface area (TPSA) is 41.1 Å². The van der Waals surface area contributed by atoms with Crippen molar-refractivity contribution in [3.63, 3.8) is 0 Å². The zero-order valence-corrected chi connectivity index (χ0v) is 11.9. The number of hydrogen-bond donors (Lipinski definition) is 2. The smallest absolute Gasteiger partial charge is 0.220 e. The van der Waals surface area contributed by atoms with Gasteiger partial charge in [-0.1, -0.05) is 38.1 Å². The van der Waals surface area contributed by atoms with E-state index in [1.807, 2.05) is 0 Å². The summed E-state index contributed by atoms with van der Waals surface area (Å²) < 4.78 is 0. The molecule has 1 aromatic rings. The van der Waals surface area contributed by atoms with Gasteiger partial charge in [0, 0.05) is 25.6 Å². The highest BCUT2D eigenvalue weighted by molar-refractivity contribution is 5.76. The number of rotatable bonds is 5. The summed E-state index contributed by atoms with van der Waals surface area (Å²) in [6.07, 6.45) is 2.73. The number of carbonyl (C=O) groups excluding carboxylic acids is 1. The van der Waals surface area contributed by atoms with Crippen LogP contribution in [0.5, 0.6) is 0 Å². The largest absolute Gasteiger partial charge is 0.355 e. The van der Waals surface area contributed by atoms with Crippen LogP contribution in [0.2, 0.25) is 0 Å². The summed E-state index contributed by atoms with van der Waals surface area (Å²) in [7, 11) is 0. The van der Waals surface area contributed by atoms with E-state index in [4.69, 9.17) is 0 Å². The maximum absolute atomic E-state index is 11.1. The van der Waals surface area contributed by atoms with Crippen LogP contribution < -0.4 is 10.6 Å². The number of amides is 1. The lowest BCUT2D eigenvalue weighted by Gasteiger charge is -2.23. The molecule has 2 rings (SSSR count). The molecule has 0 unspecified atom stereocenters. The van der Waals surface area contributed by atoms with Gasteiger partial charge in [-0.2, -0.15) is 0 Å². The molecule has 0 radical (unpaired) electrons. The van der Waals surface area contributed by atoms with Gasteiger partial charge in [-0.3, -0.25) is 4.79 Å². The average Bonchev–Trinajstić information content (AvgIpc) is 2.39. The Hall–Kier alpha value is -1.35. The second-order valence-electron chi connectivity index (χ2n) is 5.84. The first-order valence-electron chi connectivity index (χ1n) is 7.21. The van der Waals surface area contributed by atoms with Gasteiger partial charge in [0.05, 0.1) is 0 Å². The Balaban J connectivity index is 1.78. The van der Waals surface area contributed by atoms with Crippen LogP contribution in [0.1, 0.15) is 37.8 Å². The first kappa shape index (κ1) is 14.1. The number of carbonyl (C=O) groups is 1. The third kappa shape index (κ3) is 4.67. The molecule has 0 bridgehead atoms. The lowest BCUT2D eigenvalue weighted by molar-refractivity contribution is -0.122. The van der Waals surface area contributed by atoms with E-state index in [0.717, 1.165) is 25.9 Å². The highest BCUT2D eigenvalue weighted by atomic mass is 16.1. The van der Waals surface area contributed by atoms with E-state index in [-0.39, 0.29) is 5.91 Å². The van der Waals surface area contributed by atoms with E-state index in [1.165, 1.54) is 11.1 Å². The molecule has 19 heavy (non-hydrogen) atoms. The Morgan fingerprint density at radius 2 is 1.95 bits per heavy atom. The molecule has 1 heterocycles. The molecule has 1 aromatic carbocycles. The van der Waals surface area contributed by atoms with Crippen molar-refractivity contribution in [2.24, 2.45) is 5.92 Å². The molecule has 0 saturated carbocycles. The van der Waals surface area contributed by atoms with Gasteiger partial charge in [-0.25, -0.2) is 0 Å². The normalized spacial score (nSPS) is 19.5. The van der Waals surface area contributed by atoms with Crippen LogP contribution in [-0.2, 0) is 17.8 Å². The minimum atomic E-state index is 0.177. The molecule has 1 fully saturated rings. The molecule has 1 saturated heterocycles. The Morgan fingerprint density at radius 3 is 2.53 bits per heavy atom. The van der Waals surface area contributed by atoms with Gasteiger partial charge in [-0.15, -0.1) is 0 Å². The Labute approximate surface area is 115 Å². The van der Waals surface area contributed by atoms with Gasteiger partial charge in [0.2, 0.25) is 5.91 Å². The summed E-state index contributed by atoms with van der Waals surface area (Å²) in [6.45, 7) is 6.12. The zero-order valence-electron chi connectivity index (χ0n) is 11.9. The number of hydrogen-bond acceptors (Lipinski definition) is 2. The van der Waals surface area contributed by atoms with E-state index in [2.05, 4.69) is 48.7 Å². The predicted molar refractivity (Wildman–Crippen MR) is 77.9 cm³/mol. The van der Waals surface area contributed by atoms with Crippen LogP contribution in [-0.4, -0.2) is 18.5 Å². The summed E-state index contributed by atoms with van der Waals surface area (Å²) in [5.41, 5.74) is 2.72. The maximum atomic E-state index is 11.1. The van der Waals surface area contributed by atoms with Crippen LogP contribution >= 0.6 is 0 Å². The first-order chi connectivity index (χ1) is 9.13. The van der Waals surface area contributed by atoms with Crippen LogP contribution in [0, 0.1) is 5.92 Å². The van der Waals surface area contributed by atoms with Crippen molar-refractivity contribution >= 4 is 5.91 Å². The predicted octanol–water partition coefficient (Wildman–Crippen LogP) is 2.25. The van der Waals surface area contributed by atoms with Crippen molar-refractivity contribution < 1.29 is 4.79 Å². The summed E-state index contributed by atoms with van der Waals surface area (Å²) >= 11 is 0. The fourth-order valence-electron chi connectivity index (χ4n) is 2.43. The van der Waals surface area contributed by atoms with Crippen molar-refractivity contribution in [2.75, 3.05) is 6.54 Å². The van der Waals surface area contributed by atoms with Crippen molar-refractivity contribution in [2.45, 2.75) is 45.7 Å². The second kappa shape index (κ2) is 6.71. The number of benzene rings is 1. The fourth-order valence-corrected chi connectivity index (χ4v) is 2.43. The molecular formula is C16H24N2O. The molecule has 1 aliphatic rings. The lowest BCUT2D eigenvalue weighted by atomic mass is 10.0. The van der Waals surface area contributed by atoms with Crippen LogP contribution in [0.4, 0.5) is 0 Å². The van der Waals surface area contributed by atoms with Gasteiger partial charge in [0.15, 0.2) is 0 Å². The Morgan fingerprint density at radius 1 is 1.26 bits per heavy atom. The van der Waals surface area contributed by atoms with Crippen molar-refractivity contribution in [3.05, 3.63) is 35.4 Å². The molecule has 0 spiro atoms. The van der Waals surface area contributed by atoms with E-state index >= 15 is 0 Å². The molecule has 1 amide bonds. The van der Waals surface area contributed by atoms with Crippen molar-refractivity contribution in [1.82, 2.24) is 10.6 Å². The zero-order chi connectivity index (χ0) is 13.7.